The minimum atomic E-state index is -0.816. The number of hydrogen-bond acceptors (Lipinski definition) is 9. The number of rotatable bonds is 57. The molecule has 9 heteroatoms. The first kappa shape index (κ1) is 81.0. The maximum atomic E-state index is 13.1. The summed E-state index contributed by atoms with van der Waals surface area (Å²) in [6, 6.07) is 0. The van der Waals surface area contributed by atoms with Crippen molar-refractivity contribution in [3.8, 4) is 0 Å². The Hall–Kier alpha value is -3.46. The predicted octanol–water partition coefficient (Wildman–Crippen LogP) is 24.1. The highest BCUT2D eigenvalue weighted by Crippen LogP contribution is 2.66. The molecular formula is C83H142O9. The van der Waals surface area contributed by atoms with E-state index in [2.05, 4.69) is 96.2 Å². The molecule has 6 unspecified atom stereocenters. The van der Waals surface area contributed by atoms with Crippen LogP contribution >= 0.6 is 0 Å². The van der Waals surface area contributed by atoms with Crippen LogP contribution in [-0.2, 0) is 42.9 Å². The van der Waals surface area contributed by atoms with Crippen LogP contribution in [0.25, 0.3) is 0 Å². The molecule has 9 atom stereocenters. The summed E-state index contributed by atoms with van der Waals surface area (Å²) in [5, 5.41) is 0. The van der Waals surface area contributed by atoms with Gasteiger partial charge in [0.25, 0.3) is 0 Å². The topological polar surface area (TPSA) is 114 Å². The quantitative estimate of drug-likeness (QED) is 0.0254. The van der Waals surface area contributed by atoms with E-state index in [1.165, 1.54) is 167 Å². The zero-order valence-corrected chi connectivity index (χ0v) is 60.6. The summed E-state index contributed by atoms with van der Waals surface area (Å²) in [4.78, 5) is 51.9. The van der Waals surface area contributed by atoms with Gasteiger partial charge in [0.1, 0.15) is 19.3 Å². The number of carbonyl (C=O) groups is 4. The first-order valence-corrected chi connectivity index (χ1v) is 39.7. The number of esters is 4. The van der Waals surface area contributed by atoms with Gasteiger partial charge in [-0.1, -0.05) is 256 Å². The molecule has 0 amide bonds. The lowest BCUT2D eigenvalue weighted by Crippen LogP contribution is -2.52. The molecule has 0 heterocycles. The molecule has 0 aromatic heterocycles. The van der Waals surface area contributed by atoms with Gasteiger partial charge in [0.2, 0.25) is 0 Å². The van der Waals surface area contributed by atoms with Crippen LogP contribution in [0.2, 0.25) is 0 Å². The number of hydrogen-bond donors (Lipinski definition) is 0. The van der Waals surface area contributed by atoms with E-state index < -0.39 is 6.10 Å². The van der Waals surface area contributed by atoms with Gasteiger partial charge in [-0.05, 0) is 177 Å². The van der Waals surface area contributed by atoms with Crippen molar-refractivity contribution >= 4 is 23.9 Å². The van der Waals surface area contributed by atoms with E-state index in [-0.39, 0.29) is 66.2 Å². The normalized spacial score (nSPS) is 22.8. The molecule has 528 valence electrons. The van der Waals surface area contributed by atoms with Gasteiger partial charge >= 0.3 is 23.9 Å². The highest BCUT2D eigenvalue weighted by molar-refractivity contribution is 5.71. The number of carbonyl (C=O) groups excluding carboxylic acids is 4. The van der Waals surface area contributed by atoms with Crippen LogP contribution in [0, 0.1) is 28.6 Å². The highest BCUT2D eigenvalue weighted by Gasteiger charge is 2.60. The average Bonchev–Trinajstić information content (AvgIpc) is 1.33. The van der Waals surface area contributed by atoms with Gasteiger partial charge in [-0.3, -0.25) is 19.2 Å². The molecule has 4 aliphatic carbocycles. The molecule has 0 spiro atoms. The predicted molar refractivity (Wildman–Crippen MR) is 384 cm³/mol. The van der Waals surface area contributed by atoms with E-state index in [9.17, 15) is 19.2 Å². The zero-order chi connectivity index (χ0) is 66.0. The van der Waals surface area contributed by atoms with Gasteiger partial charge in [-0.25, -0.2) is 0 Å². The lowest BCUT2D eigenvalue weighted by molar-refractivity contribution is -0.167. The molecule has 4 rings (SSSR count). The Morgan fingerprint density at radius 3 is 1.33 bits per heavy atom. The Morgan fingerprint density at radius 2 is 0.837 bits per heavy atom. The number of allylic oxidation sites excluding steroid dienone is 7. The van der Waals surface area contributed by atoms with E-state index in [1.807, 2.05) is 0 Å². The first-order chi connectivity index (χ1) is 45.0. The third kappa shape index (κ3) is 34.5. The summed E-state index contributed by atoms with van der Waals surface area (Å²) in [5.74, 6) is 1.15. The second-order valence-corrected chi connectivity index (χ2v) is 29.4. The van der Waals surface area contributed by atoms with E-state index in [0.29, 0.717) is 43.4 Å². The fourth-order valence-corrected chi connectivity index (χ4v) is 15.8. The molecule has 3 fully saturated rings. The smallest absolute Gasteiger partial charge is 0.306 e. The minimum absolute atomic E-state index is 0.0305. The Bertz CT molecular complexity index is 2070. The molecule has 0 N–H and O–H groups in total. The monoisotopic (exact) mass is 1280 g/mol. The van der Waals surface area contributed by atoms with Crippen LogP contribution in [0.1, 0.15) is 375 Å². The summed E-state index contributed by atoms with van der Waals surface area (Å²) in [6.07, 6.45) is 77.4. The molecule has 9 nitrogen and oxygen atoms in total. The van der Waals surface area contributed by atoms with Crippen LogP contribution in [-0.4, -0.2) is 61.5 Å². The van der Waals surface area contributed by atoms with E-state index in [4.69, 9.17) is 23.7 Å². The minimum Gasteiger partial charge on any atom is -0.462 e. The molecule has 0 aromatic carbocycles. The summed E-state index contributed by atoms with van der Waals surface area (Å²) in [7, 11) is 0. The van der Waals surface area contributed by atoms with Gasteiger partial charge in [0, 0.05) is 31.1 Å². The summed E-state index contributed by atoms with van der Waals surface area (Å²) in [5.41, 5.74) is 1.97. The molecule has 4 aliphatic rings. The molecule has 0 bridgehead atoms. The fourth-order valence-electron chi connectivity index (χ4n) is 15.8. The summed E-state index contributed by atoms with van der Waals surface area (Å²) >= 11 is 0. The van der Waals surface area contributed by atoms with Crippen molar-refractivity contribution in [1.82, 2.24) is 0 Å². The zero-order valence-electron chi connectivity index (χ0n) is 60.6. The maximum absolute atomic E-state index is 13.1. The van der Waals surface area contributed by atoms with Crippen LogP contribution in [0.4, 0.5) is 0 Å². The Labute approximate surface area is 565 Å². The molecule has 92 heavy (non-hydrogen) atoms. The molecule has 0 aliphatic heterocycles. The fraction of sp³-hybridized carbons (Fsp3) is 0.831. The lowest BCUT2D eigenvalue weighted by atomic mass is 9.47. The van der Waals surface area contributed by atoms with Gasteiger partial charge in [-0.2, -0.15) is 0 Å². The van der Waals surface area contributed by atoms with Gasteiger partial charge in [0.05, 0.1) is 12.2 Å². The van der Waals surface area contributed by atoms with Crippen molar-refractivity contribution in [2.45, 2.75) is 400 Å². The molecule has 0 radical (unpaired) electrons. The molecule has 0 saturated heterocycles. The Morgan fingerprint density at radius 1 is 0.435 bits per heavy atom. The van der Waals surface area contributed by atoms with Crippen molar-refractivity contribution in [3.63, 3.8) is 0 Å². The van der Waals surface area contributed by atoms with Crippen LogP contribution in [0.3, 0.4) is 0 Å². The summed E-state index contributed by atoms with van der Waals surface area (Å²) < 4.78 is 30.4. The molecular weight excluding hydrogens is 1140 g/mol. The number of unbranched alkanes of at least 4 members (excludes halogenated alkanes) is 33. The first-order valence-electron chi connectivity index (χ1n) is 39.7. The van der Waals surface area contributed by atoms with Crippen molar-refractivity contribution < 1.29 is 42.9 Å². The highest BCUT2D eigenvalue weighted by atomic mass is 16.6. The summed E-state index contributed by atoms with van der Waals surface area (Å²) in [6.45, 7) is 13.8. The third-order valence-electron chi connectivity index (χ3n) is 21.6. The van der Waals surface area contributed by atoms with Gasteiger partial charge in [0.15, 0.2) is 6.10 Å². The van der Waals surface area contributed by atoms with Crippen molar-refractivity contribution in [2.75, 3.05) is 13.2 Å². The average molecular weight is 1280 g/mol. The van der Waals surface area contributed by atoms with Crippen LogP contribution < -0.4 is 0 Å². The second kappa shape index (κ2) is 51.8. The van der Waals surface area contributed by atoms with E-state index in [1.54, 1.807) is 5.57 Å². The van der Waals surface area contributed by atoms with Crippen molar-refractivity contribution in [1.29, 1.82) is 0 Å². The van der Waals surface area contributed by atoms with Gasteiger partial charge in [-0.15, -0.1) is 0 Å². The van der Waals surface area contributed by atoms with Crippen molar-refractivity contribution in [2.24, 2.45) is 28.6 Å². The number of ether oxygens (including phenoxy) is 5. The van der Waals surface area contributed by atoms with Crippen LogP contribution in [0.5, 0.6) is 0 Å². The lowest BCUT2D eigenvalue weighted by Gasteiger charge is -2.58. The standard InChI is InChI=1S/C83H142O9/c1-7-11-15-19-21-23-25-27-29-31-33-35-39-44-50-55-78(84)88-68-73(91-80(86)57-52-46-40-36-34-32-30-28-26-24-22-20-16-12-8-2)69-89-79(85)56-51-45-41-37-38-43-48-54-71(53-47-42-17-13-9-3)90-72-63-65-82(5)70(67-72)59-60-74-75-61-62-77(83(75,6)66-64-76(74)82)92-81(87)58-49-18-14-10-4/h27-30,47-48,53-54,67,71-77H,7-26,31-46,49-52,55-66,68-69H2,1-6H3/b29-27+,30-28+,53-47+,54-48+/t71?,72?,73?,74-,75?,76?,77?,82-,83-/m0/s1. The van der Waals surface area contributed by atoms with Crippen LogP contribution in [0.15, 0.2) is 60.3 Å². The molecule has 3 saturated carbocycles. The van der Waals surface area contributed by atoms with E-state index >= 15 is 0 Å². The largest absolute Gasteiger partial charge is 0.462 e. The maximum Gasteiger partial charge on any atom is 0.306 e. The van der Waals surface area contributed by atoms with Gasteiger partial charge < -0.3 is 23.7 Å². The SMILES string of the molecule is CCCCC/C=C/C(/C=C/CCCCCCCC(=O)OCC(COC(=O)CCCCCCC/C=C/CCCCCCCC)OC(=O)CCCCCCC/C=C/CCCCCCCC)OC1C=C2CC[C@H]3C4CCC(OC(=O)CCCCCC)[C@@]4(C)CCC3[C@@]2(C)CC1. The number of fused-ring (bicyclic) bond motifs is 5. The third-order valence-corrected chi connectivity index (χ3v) is 21.6. The second-order valence-electron chi connectivity index (χ2n) is 29.4. The Balaban J connectivity index is 1.15. The Kier molecular flexibility index (Phi) is 45.6. The molecule has 0 aromatic rings. The van der Waals surface area contributed by atoms with Crippen molar-refractivity contribution in [3.05, 3.63) is 60.3 Å². The van der Waals surface area contributed by atoms with E-state index in [0.717, 1.165) is 141 Å².